The molecule has 0 bridgehead atoms. The molecular weight excluding hydrogens is 278 g/mol. The largest absolute Gasteiger partial charge is 0.303 e. The van der Waals surface area contributed by atoms with Crippen LogP contribution in [0.25, 0.3) is 0 Å². The lowest BCUT2D eigenvalue weighted by molar-refractivity contribution is 0.285. The van der Waals surface area contributed by atoms with Crippen LogP contribution < -0.4 is 5.32 Å². The molecule has 0 fully saturated rings. The van der Waals surface area contributed by atoms with Gasteiger partial charge in [0.1, 0.15) is 0 Å². The van der Waals surface area contributed by atoms with Crippen LogP contribution in [0.1, 0.15) is 79.4 Å². The number of hydrogen-bond donors (Lipinski definition) is 1. The van der Waals surface area contributed by atoms with E-state index in [-0.39, 0.29) is 11.1 Å². The summed E-state index contributed by atoms with van der Waals surface area (Å²) in [5, 5.41) is 3.80. The Morgan fingerprint density at radius 3 is 1.74 bits per heavy atom. The molecule has 1 aromatic carbocycles. The molecule has 0 saturated heterocycles. The molecular formula is C22H33N. The normalized spacial score (nSPS) is 17.4. The molecule has 0 atom stereocenters. The van der Waals surface area contributed by atoms with E-state index in [4.69, 9.17) is 0 Å². The topological polar surface area (TPSA) is 12.0 Å². The van der Waals surface area contributed by atoms with Gasteiger partial charge in [-0.2, -0.15) is 0 Å². The van der Waals surface area contributed by atoms with Crippen LogP contribution in [0.4, 0.5) is 0 Å². The summed E-state index contributed by atoms with van der Waals surface area (Å²) in [4.78, 5) is 0. The minimum atomic E-state index is -0.0696. The van der Waals surface area contributed by atoms with Crippen LogP contribution in [0.3, 0.4) is 0 Å². The Hall–Kier alpha value is -1.34. The van der Waals surface area contributed by atoms with Gasteiger partial charge in [-0.25, -0.2) is 0 Å². The van der Waals surface area contributed by atoms with Crippen molar-refractivity contribution in [2.75, 3.05) is 0 Å². The summed E-state index contributed by atoms with van der Waals surface area (Å²) in [5.41, 5.74) is 8.78. The summed E-state index contributed by atoms with van der Waals surface area (Å²) >= 11 is 0. The summed E-state index contributed by atoms with van der Waals surface area (Å²) in [6.07, 6.45) is 0. The van der Waals surface area contributed by atoms with E-state index < -0.39 is 0 Å². The second kappa shape index (κ2) is 5.94. The van der Waals surface area contributed by atoms with Gasteiger partial charge in [0, 0.05) is 17.0 Å². The highest BCUT2D eigenvalue weighted by atomic mass is 15.0. The van der Waals surface area contributed by atoms with Crippen LogP contribution in [0.2, 0.25) is 0 Å². The molecule has 0 spiro atoms. The Balaban J connectivity index is 2.56. The van der Waals surface area contributed by atoms with Crippen molar-refractivity contribution in [1.82, 2.24) is 5.32 Å². The van der Waals surface area contributed by atoms with Crippen molar-refractivity contribution in [1.29, 1.82) is 0 Å². The fraction of sp³-hybridized carbons (Fsp3) is 0.545. The van der Waals surface area contributed by atoms with Crippen LogP contribution in [0, 0.1) is 0 Å². The van der Waals surface area contributed by atoms with Gasteiger partial charge in [-0.3, -0.25) is 0 Å². The Morgan fingerprint density at radius 2 is 1.26 bits per heavy atom. The predicted octanol–water partition coefficient (Wildman–Crippen LogP) is 6.08. The van der Waals surface area contributed by atoms with Gasteiger partial charge < -0.3 is 5.32 Å². The van der Waals surface area contributed by atoms with Crippen molar-refractivity contribution in [2.24, 2.45) is 0 Å². The summed E-state index contributed by atoms with van der Waals surface area (Å²) in [6.45, 7) is 20.4. The quantitative estimate of drug-likeness (QED) is 0.713. The first-order chi connectivity index (χ1) is 10.5. The molecule has 1 aromatic rings. The fourth-order valence-electron chi connectivity index (χ4n) is 4.14. The van der Waals surface area contributed by atoms with Crippen molar-refractivity contribution in [2.45, 2.75) is 79.3 Å². The zero-order valence-corrected chi connectivity index (χ0v) is 16.4. The minimum absolute atomic E-state index is 0.0696. The smallest absolute Gasteiger partial charge is 0.0384 e. The summed E-state index contributed by atoms with van der Waals surface area (Å²) < 4.78 is 0. The van der Waals surface area contributed by atoms with E-state index in [0.717, 1.165) is 0 Å². The molecule has 0 amide bonds. The predicted molar refractivity (Wildman–Crippen MR) is 102 cm³/mol. The molecule has 1 nitrogen and oxygen atoms in total. The van der Waals surface area contributed by atoms with E-state index in [0.29, 0.717) is 5.92 Å². The van der Waals surface area contributed by atoms with E-state index in [1.165, 1.54) is 33.4 Å². The molecule has 23 heavy (non-hydrogen) atoms. The minimum Gasteiger partial charge on any atom is -0.303 e. The molecule has 126 valence electrons. The number of allylic oxidation sites excluding steroid dienone is 4. The average molecular weight is 312 g/mol. The van der Waals surface area contributed by atoms with E-state index in [9.17, 15) is 0 Å². The van der Waals surface area contributed by atoms with Gasteiger partial charge in [0.2, 0.25) is 0 Å². The lowest BCUT2D eigenvalue weighted by Crippen LogP contribution is -2.48. The van der Waals surface area contributed by atoms with Crippen molar-refractivity contribution in [3.63, 3.8) is 0 Å². The summed E-state index contributed by atoms with van der Waals surface area (Å²) in [6, 6.07) is 8.94. The molecule has 1 aliphatic carbocycles. The van der Waals surface area contributed by atoms with Gasteiger partial charge in [0.15, 0.2) is 0 Å². The number of hydrogen-bond acceptors (Lipinski definition) is 1. The molecule has 2 rings (SSSR count). The second-order valence-corrected chi connectivity index (χ2v) is 8.64. The Kier molecular flexibility index (Phi) is 4.65. The molecule has 1 heteroatoms. The SMILES string of the molecule is CC1=C(C)C(c2ccccc2C(C)(C)NC(C)(C)C)C(C)=C1C. The lowest BCUT2D eigenvalue weighted by atomic mass is 9.79. The second-order valence-electron chi connectivity index (χ2n) is 8.64. The van der Waals surface area contributed by atoms with E-state index in [2.05, 4.69) is 91.9 Å². The highest BCUT2D eigenvalue weighted by Crippen LogP contribution is 2.45. The zero-order valence-electron chi connectivity index (χ0n) is 16.4. The molecule has 0 aliphatic heterocycles. The molecule has 0 saturated carbocycles. The first-order valence-corrected chi connectivity index (χ1v) is 8.69. The monoisotopic (exact) mass is 311 g/mol. The fourth-order valence-corrected chi connectivity index (χ4v) is 4.14. The number of nitrogens with one attached hydrogen (secondary N) is 1. The summed E-state index contributed by atoms with van der Waals surface area (Å²) in [7, 11) is 0. The molecule has 1 aliphatic rings. The molecule has 0 radical (unpaired) electrons. The van der Waals surface area contributed by atoms with E-state index >= 15 is 0 Å². The molecule has 0 heterocycles. The highest BCUT2D eigenvalue weighted by Gasteiger charge is 2.33. The third-order valence-electron chi connectivity index (χ3n) is 5.24. The van der Waals surface area contributed by atoms with E-state index in [1.807, 2.05) is 0 Å². The average Bonchev–Trinajstić information content (AvgIpc) is 2.60. The third kappa shape index (κ3) is 3.45. The van der Waals surface area contributed by atoms with Gasteiger partial charge >= 0.3 is 0 Å². The van der Waals surface area contributed by atoms with Crippen molar-refractivity contribution in [3.8, 4) is 0 Å². The van der Waals surface area contributed by atoms with Crippen LogP contribution in [-0.4, -0.2) is 5.54 Å². The van der Waals surface area contributed by atoms with Crippen molar-refractivity contribution in [3.05, 3.63) is 57.7 Å². The maximum absolute atomic E-state index is 3.80. The molecule has 1 N–H and O–H groups in total. The lowest BCUT2D eigenvalue weighted by Gasteiger charge is -2.37. The van der Waals surface area contributed by atoms with Gasteiger partial charge in [-0.1, -0.05) is 35.4 Å². The first kappa shape index (κ1) is 18.0. The van der Waals surface area contributed by atoms with Crippen LogP contribution >= 0.6 is 0 Å². The summed E-state index contributed by atoms with van der Waals surface area (Å²) in [5.74, 6) is 0.423. The van der Waals surface area contributed by atoms with Crippen LogP contribution in [0.15, 0.2) is 46.6 Å². The van der Waals surface area contributed by atoms with Gasteiger partial charge in [0.05, 0.1) is 0 Å². The Bertz CT molecular complexity index is 641. The van der Waals surface area contributed by atoms with Gasteiger partial charge in [-0.15, -0.1) is 0 Å². The van der Waals surface area contributed by atoms with Gasteiger partial charge in [-0.05, 0) is 84.6 Å². The number of rotatable bonds is 3. The maximum atomic E-state index is 3.80. The van der Waals surface area contributed by atoms with E-state index in [1.54, 1.807) is 0 Å². The van der Waals surface area contributed by atoms with Crippen molar-refractivity contribution < 1.29 is 0 Å². The van der Waals surface area contributed by atoms with Crippen LogP contribution in [-0.2, 0) is 5.54 Å². The first-order valence-electron chi connectivity index (χ1n) is 8.69. The Labute approximate surface area is 142 Å². The van der Waals surface area contributed by atoms with Gasteiger partial charge in [0.25, 0.3) is 0 Å². The number of benzene rings is 1. The molecule has 0 aromatic heterocycles. The molecule has 0 unspecified atom stereocenters. The Morgan fingerprint density at radius 1 is 0.783 bits per heavy atom. The van der Waals surface area contributed by atoms with Crippen LogP contribution in [0.5, 0.6) is 0 Å². The standard InChI is InChI=1S/C22H33N/c1-14-15(2)17(4)20(16(14)3)18-12-10-11-13-19(18)22(8,9)23-21(5,6)7/h10-13,20,23H,1-9H3. The van der Waals surface area contributed by atoms with Crippen molar-refractivity contribution >= 4 is 0 Å². The highest BCUT2D eigenvalue weighted by molar-refractivity contribution is 5.55. The zero-order chi connectivity index (χ0) is 17.6. The third-order valence-corrected chi connectivity index (χ3v) is 5.24. The maximum Gasteiger partial charge on any atom is 0.0384 e.